The fourth-order valence-electron chi connectivity index (χ4n) is 4.71. The van der Waals surface area contributed by atoms with Gasteiger partial charge in [0.25, 0.3) is 0 Å². The fourth-order valence-corrected chi connectivity index (χ4v) is 4.71. The number of nitrogens with zero attached hydrogens (tertiary/aromatic N) is 4. The lowest BCUT2D eigenvalue weighted by atomic mass is 9.74. The molecule has 1 amide bonds. The van der Waals surface area contributed by atoms with Gasteiger partial charge in [-0.05, 0) is 72.7 Å². The minimum absolute atomic E-state index is 0.134. The Morgan fingerprint density at radius 1 is 1.12 bits per heavy atom. The molecule has 34 heavy (non-hydrogen) atoms. The summed E-state index contributed by atoms with van der Waals surface area (Å²) in [6.07, 6.45) is 4.02. The number of carbonyl (C=O) groups excluding carboxylic acids is 1. The average Bonchev–Trinajstić information content (AvgIpc) is 3.68. The second kappa shape index (κ2) is 8.07. The van der Waals surface area contributed by atoms with Gasteiger partial charge in [-0.2, -0.15) is 5.26 Å². The Bertz CT molecular complexity index is 1360. The van der Waals surface area contributed by atoms with Gasteiger partial charge in [0.15, 0.2) is 5.96 Å². The topological polar surface area (TPSA) is 95.4 Å². The lowest BCUT2D eigenvalue weighted by molar-refractivity contribution is -0.130. The quantitative estimate of drug-likeness (QED) is 0.632. The maximum atomic E-state index is 14.1. The monoisotopic (exact) mass is 453 g/mol. The number of hydrogen-bond donors (Lipinski definition) is 1. The molecule has 1 aliphatic carbocycles. The summed E-state index contributed by atoms with van der Waals surface area (Å²) in [5, 5.41) is 9.22. The van der Waals surface area contributed by atoms with Crippen molar-refractivity contribution < 1.29 is 9.18 Å². The van der Waals surface area contributed by atoms with Crippen molar-refractivity contribution in [1.82, 2.24) is 9.88 Å². The van der Waals surface area contributed by atoms with E-state index >= 15 is 0 Å². The number of amides is 1. The van der Waals surface area contributed by atoms with Crippen molar-refractivity contribution in [3.8, 4) is 17.3 Å². The first-order valence-corrected chi connectivity index (χ1v) is 11.2. The number of aliphatic imine (C=N–C) groups is 1. The molecule has 170 valence electrons. The van der Waals surface area contributed by atoms with Crippen molar-refractivity contribution in [2.24, 2.45) is 10.7 Å². The van der Waals surface area contributed by atoms with Gasteiger partial charge in [-0.3, -0.25) is 14.7 Å². The smallest absolute Gasteiger partial charge is 0.239 e. The third-order valence-electron chi connectivity index (χ3n) is 6.82. The van der Waals surface area contributed by atoms with Crippen LogP contribution in [0.4, 0.5) is 4.39 Å². The maximum absolute atomic E-state index is 14.1. The van der Waals surface area contributed by atoms with Crippen LogP contribution in [0.15, 0.2) is 65.8 Å². The molecular formula is C27H24FN5O. The number of benzene rings is 2. The third kappa shape index (κ3) is 3.71. The molecule has 1 saturated carbocycles. The predicted octanol–water partition coefficient (Wildman–Crippen LogP) is 4.42. The number of aromatic nitrogens is 1. The van der Waals surface area contributed by atoms with E-state index in [2.05, 4.69) is 17.1 Å². The van der Waals surface area contributed by atoms with E-state index in [4.69, 9.17) is 10.7 Å². The molecule has 2 aromatic carbocycles. The predicted molar refractivity (Wildman–Crippen MR) is 127 cm³/mol. The second-order valence-corrected chi connectivity index (χ2v) is 9.16. The molecule has 0 spiro atoms. The van der Waals surface area contributed by atoms with Crippen molar-refractivity contribution in [3.63, 3.8) is 0 Å². The third-order valence-corrected chi connectivity index (χ3v) is 6.82. The molecule has 2 aliphatic rings. The van der Waals surface area contributed by atoms with Crippen LogP contribution in [0.25, 0.3) is 11.3 Å². The first-order valence-electron chi connectivity index (χ1n) is 11.2. The van der Waals surface area contributed by atoms with E-state index in [0.29, 0.717) is 17.2 Å². The van der Waals surface area contributed by atoms with Crippen LogP contribution in [-0.2, 0) is 10.3 Å². The number of nitriles is 1. The van der Waals surface area contributed by atoms with Crippen LogP contribution < -0.4 is 5.73 Å². The summed E-state index contributed by atoms with van der Waals surface area (Å²) in [5.41, 5.74) is 9.19. The van der Waals surface area contributed by atoms with Gasteiger partial charge in [0.2, 0.25) is 5.91 Å². The minimum Gasteiger partial charge on any atom is -0.369 e. The molecule has 7 heteroatoms. The molecule has 2 heterocycles. The van der Waals surface area contributed by atoms with Crippen molar-refractivity contribution >= 4 is 11.9 Å². The second-order valence-electron chi connectivity index (χ2n) is 9.16. The van der Waals surface area contributed by atoms with Gasteiger partial charge in [-0.1, -0.05) is 24.3 Å². The zero-order valence-electron chi connectivity index (χ0n) is 19.0. The van der Waals surface area contributed by atoms with Gasteiger partial charge in [-0.15, -0.1) is 0 Å². The summed E-state index contributed by atoms with van der Waals surface area (Å²) in [6.45, 7) is 1.88. The molecule has 0 unspecified atom stereocenters. The first-order chi connectivity index (χ1) is 16.3. The van der Waals surface area contributed by atoms with Crippen LogP contribution in [0.5, 0.6) is 0 Å². The standard InChI is InChI=1S/C27H24FN5O/c1-27(21-9-10-31-23(14-21)20-11-16(15-29)12-22(28)13-20)24(25(34)33(2)26(30)32-27)19-7-5-18(6-8-19)17-3-4-17/h5-14,17,24H,3-4H2,1-2H3,(H2,30,32)/t24-,27+/m0/s1. The lowest BCUT2D eigenvalue weighted by Gasteiger charge is -2.41. The largest absolute Gasteiger partial charge is 0.369 e. The number of halogens is 1. The van der Waals surface area contributed by atoms with Crippen LogP contribution in [0.2, 0.25) is 0 Å². The zero-order valence-corrected chi connectivity index (χ0v) is 19.0. The number of pyridine rings is 1. The van der Waals surface area contributed by atoms with Crippen LogP contribution >= 0.6 is 0 Å². The normalized spacial score (nSPS) is 22.3. The van der Waals surface area contributed by atoms with E-state index in [9.17, 15) is 14.4 Å². The summed E-state index contributed by atoms with van der Waals surface area (Å²) >= 11 is 0. The molecule has 1 fully saturated rings. The summed E-state index contributed by atoms with van der Waals surface area (Å²) in [6, 6.07) is 17.9. The highest BCUT2D eigenvalue weighted by Crippen LogP contribution is 2.46. The Morgan fingerprint density at radius 3 is 2.50 bits per heavy atom. The van der Waals surface area contributed by atoms with E-state index in [1.54, 1.807) is 31.4 Å². The number of likely N-dealkylation sites (N-methyl/N-ethyl adjacent to an activating group) is 1. The Morgan fingerprint density at radius 2 is 1.82 bits per heavy atom. The van der Waals surface area contributed by atoms with Gasteiger partial charge in [0.1, 0.15) is 11.4 Å². The molecule has 1 aromatic heterocycles. The molecule has 0 saturated heterocycles. The van der Waals surface area contributed by atoms with E-state index in [0.717, 1.165) is 11.1 Å². The fraction of sp³-hybridized carbons (Fsp3) is 0.259. The Kier molecular flexibility index (Phi) is 5.17. The van der Waals surface area contributed by atoms with E-state index in [1.165, 1.54) is 35.4 Å². The van der Waals surface area contributed by atoms with Gasteiger partial charge in [0.05, 0.1) is 23.2 Å². The highest BCUT2D eigenvalue weighted by atomic mass is 19.1. The number of carbonyl (C=O) groups is 1. The number of hydrogen-bond acceptors (Lipinski definition) is 5. The molecule has 0 radical (unpaired) electrons. The van der Waals surface area contributed by atoms with Crippen LogP contribution in [0.3, 0.4) is 0 Å². The molecule has 2 N–H and O–H groups in total. The molecule has 1 aliphatic heterocycles. The van der Waals surface area contributed by atoms with Crippen LogP contribution in [0, 0.1) is 17.1 Å². The zero-order chi connectivity index (χ0) is 24.0. The first kappa shape index (κ1) is 21.8. The van der Waals surface area contributed by atoms with E-state index in [1.807, 2.05) is 25.1 Å². The highest BCUT2D eigenvalue weighted by molar-refractivity contribution is 6.02. The number of nitrogens with two attached hydrogens (primary N) is 1. The van der Waals surface area contributed by atoms with Gasteiger partial charge in [0, 0.05) is 18.8 Å². The van der Waals surface area contributed by atoms with Crippen molar-refractivity contribution in [2.75, 3.05) is 7.05 Å². The number of guanidine groups is 1. The van der Waals surface area contributed by atoms with Crippen LogP contribution in [-0.4, -0.2) is 28.8 Å². The molecule has 5 rings (SSSR count). The molecule has 6 nitrogen and oxygen atoms in total. The van der Waals surface area contributed by atoms with Gasteiger partial charge >= 0.3 is 0 Å². The summed E-state index contributed by atoms with van der Waals surface area (Å²) in [5.74, 6) is -0.515. The van der Waals surface area contributed by atoms with E-state index in [-0.39, 0.29) is 17.4 Å². The lowest BCUT2D eigenvalue weighted by Crippen LogP contribution is -2.52. The van der Waals surface area contributed by atoms with Crippen molar-refractivity contribution in [1.29, 1.82) is 5.26 Å². The summed E-state index contributed by atoms with van der Waals surface area (Å²) < 4.78 is 14.1. The van der Waals surface area contributed by atoms with Gasteiger partial charge in [-0.25, -0.2) is 9.38 Å². The summed E-state index contributed by atoms with van der Waals surface area (Å²) in [4.78, 5) is 24.1. The number of rotatable bonds is 4. The SMILES string of the molecule is CN1C(=O)[C@H](c2ccc(C3CC3)cc2)[C@@](C)(c2ccnc(-c3cc(F)cc(C#N)c3)c2)N=C1N. The molecule has 3 aromatic rings. The van der Waals surface area contributed by atoms with E-state index < -0.39 is 17.3 Å². The van der Waals surface area contributed by atoms with Gasteiger partial charge < -0.3 is 5.73 Å². The Labute approximate surface area is 197 Å². The maximum Gasteiger partial charge on any atom is 0.239 e. The molecule has 0 bridgehead atoms. The highest BCUT2D eigenvalue weighted by Gasteiger charge is 2.47. The minimum atomic E-state index is -1.00. The molecule has 2 atom stereocenters. The Balaban J connectivity index is 1.62. The molecular weight excluding hydrogens is 429 g/mol. The average molecular weight is 454 g/mol. The van der Waals surface area contributed by atoms with Crippen molar-refractivity contribution in [3.05, 3.63) is 88.9 Å². The van der Waals surface area contributed by atoms with Crippen LogP contribution in [0.1, 0.15) is 53.9 Å². The Hall–Kier alpha value is -4.05. The summed E-state index contributed by atoms with van der Waals surface area (Å²) in [7, 11) is 1.63. The van der Waals surface area contributed by atoms with Crippen molar-refractivity contribution in [2.45, 2.75) is 37.1 Å².